The van der Waals surface area contributed by atoms with Gasteiger partial charge in [0.15, 0.2) is 12.0 Å². The molecule has 0 radical (unpaired) electrons. The maximum Gasteiger partial charge on any atom is 0.248 e. The summed E-state index contributed by atoms with van der Waals surface area (Å²) < 4.78 is 23.5. The standard InChI is InChI=1S/C18H21FN6O3/c1-4-24-15(13(19)9(3)23-24)17(27)22-18-21-11-5-10(16(20)26)6-12-14(11)25(18)8(2)7-28-12/h5-6,8,17,27H,4,7H2,1-3H3,(H2,20,26)(H,21,22)/t8-,17?/m0/s1. The second-order valence-electron chi connectivity index (χ2n) is 6.82. The number of nitrogens with one attached hydrogen (secondary N) is 1. The Kier molecular flexibility index (Phi) is 4.22. The number of carbonyl (C=O) groups excluding carboxylic acids is 1. The smallest absolute Gasteiger partial charge is 0.248 e. The zero-order valence-electron chi connectivity index (χ0n) is 15.7. The highest BCUT2D eigenvalue weighted by Gasteiger charge is 2.28. The fourth-order valence-electron chi connectivity index (χ4n) is 3.53. The Hall–Kier alpha value is -3.14. The van der Waals surface area contributed by atoms with Crippen LogP contribution in [0.5, 0.6) is 5.75 Å². The molecule has 1 amide bonds. The number of aliphatic hydroxyl groups is 1. The summed E-state index contributed by atoms with van der Waals surface area (Å²) in [5.41, 5.74) is 7.09. The van der Waals surface area contributed by atoms with E-state index in [1.807, 2.05) is 18.4 Å². The molecule has 0 bridgehead atoms. The van der Waals surface area contributed by atoms with E-state index < -0.39 is 18.0 Å². The van der Waals surface area contributed by atoms with Crippen LogP contribution >= 0.6 is 0 Å². The number of nitrogens with zero attached hydrogens (tertiary/aromatic N) is 4. The second kappa shape index (κ2) is 6.48. The van der Waals surface area contributed by atoms with Crippen LogP contribution in [-0.2, 0) is 6.54 Å². The van der Waals surface area contributed by atoms with Crippen molar-refractivity contribution in [3.8, 4) is 5.75 Å². The number of imidazole rings is 1. The number of hydrogen-bond donors (Lipinski definition) is 3. The first-order chi connectivity index (χ1) is 13.3. The molecule has 0 fully saturated rings. The summed E-state index contributed by atoms with van der Waals surface area (Å²) in [5.74, 6) is -0.333. The van der Waals surface area contributed by atoms with Crippen molar-refractivity contribution in [3.05, 3.63) is 34.9 Å². The molecule has 28 heavy (non-hydrogen) atoms. The summed E-state index contributed by atoms with van der Waals surface area (Å²) >= 11 is 0. The van der Waals surface area contributed by atoms with Crippen LogP contribution in [0.3, 0.4) is 0 Å². The average molecular weight is 388 g/mol. The van der Waals surface area contributed by atoms with Gasteiger partial charge in [-0.05, 0) is 32.9 Å². The topological polar surface area (TPSA) is 120 Å². The number of halogens is 1. The van der Waals surface area contributed by atoms with Crippen molar-refractivity contribution in [3.63, 3.8) is 0 Å². The normalized spacial score (nSPS) is 16.8. The first-order valence-electron chi connectivity index (χ1n) is 8.97. The van der Waals surface area contributed by atoms with E-state index in [1.54, 1.807) is 19.1 Å². The molecule has 2 atom stereocenters. The van der Waals surface area contributed by atoms with Crippen molar-refractivity contribution in [2.24, 2.45) is 5.73 Å². The van der Waals surface area contributed by atoms with Crippen LogP contribution in [0.15, 0.2) is 12.1 Å². The Morgan fingerprint density at radius 1 is 1.54 bits per heavy atom. The third-order valence-electron chi connectivity index (χ3n) is 4.87. The highest BCUT2D eigenvalue weighted by atomic mass is 19.1. The van der Waals surface area contributed by atoms with Crippen molar-refractivity contribution in [2.75, 3.05) is 11.9 Å². The van der Waals surface area contributed by atoms with Crippen molar-refractivity contribution in [2.45, 2.75) is 39.6 Å². The van der Waals surface area contributed by atoms with Crippen molar-refractivity contribution < 1.29 is 19.0 Å². The van der Waals surface area contributed by atoms with Crippen molar-refractivity contribution in [1.82, 2.24) is 19.3 Å². The highest BCUT2D eigenvalue weighted by Crippen LogP contribution is 2.37. The molecule has 3 heterocycles. The molecule has 4 N–H and O–H groups in total. The van der Waals surface area contributed by atoms with Gasteiger partial charge >= 0.3 is 0 Å². The molecule has 1 aliphatic heterocycles. The van der Waals surface area contributed by atoms with Gasteiger partial charge in [0.1, 0.15) is 23.6 Å². The molecule has 1 aromatic carbocycles. The minimum absolute atomic E-state index is 0.0395. The summed E-state index contributed by atoms with van der Waals surface area (Å²) in [7, 11) is 0. The maximum atomic E-state index is 14.5. The third kappa shape index (κ3) is 2.68. The monoisotopic (exact) mass is 388 g/mol. The predicted molar refractivity (Wildman–Crippen MR) is 99.6 cm³/mol. The molecular weight excluding hydrogens is 367 g/mol. The molecular formula is C18H21FN6O3. The number of rotatable bonds is 5. The summed E-state index contributed by atoms with van der Waals surface area (Å²) in [6, 6.07) is 3.05. The van der Waals surface area contributed by atoms with Crippen molar-refractivity contribution >= 4 is 22.9 Å². The number of aromatic nitrogens is 4. The van der Waals surface area contributed by atoms with Crippen LogP contribution < -0.4 is 15.8 Å². The van der Waals surface area contributed by atoms with Crippen LogP contribution in [0, 0.1) is 12.7 Å². The number of carbonyl (C=O) groups is 1. The summed E-state index contributed by atoms with van der Waals surface area (Å²) in [6.07, 6.45) is -1.36. The molecule has 1 unspecified atom stereocenters. The van der Waals surface area contributed by atoms with E-state index in [-0.39, 0.29) is 23.0 Å². The molecule has 0 saturated heterocycles. The number of anilines is 1. The van der Waals surface area contributed by atoms with Gasteiger partial charge in [0.25, 0.3) is 0 Å². The van der Waals surface area contributed by atoms with Crippen LogP contribution in [0.2, 0.25) is 0 Å². The largest absolute Gasteiger partial charge is 0.489 e. The van der Waals surface area contributed by atoms with Gasteiger partial charge in [0, 0.05) is 12.1 Å². The minimum Gasteiger partial charge on any atom is -0.489 e. The first kappa shape index (κ1) is 18.2. The van der Waals surface area contributed by atoms with Gasteiger partial charge in [-0.25, -0.2) is 9.37 Å². The molecule has 0 spiro atoms. The summed E-state index contributed by atoms with van der Waals surface area (Å²) in [4.78, 5) is 16.1. The lowest BCUT2D eigenvalue weighted by molar-refractivity contribution is 0.1000. The Morgan fingerprint density at radius 3 is 2.96 bits per heavy atom. The summed E-state index contributed by atoms with van der Waals surface area (Å²) in [5, 5.41) is 17.6. The second-order valence-corrected chi connectivity index (χ2v) is 6.82. The number of benzene rings is 1. The van der Waals surface area contributed by atoms with Crippen LogP contribution in [0.4, 0.5) is 10.3 Å². The zero-order chi connectivity index (χ0) is 20.2. The van der Waals surface area contributed by atoms with Crippen LogP contribution in [0.1, 0.15) is 47.9 Å². The Bertz CT molecular complexity index is 1090. The Morgan fingerprint density at radius 2 is 2.29 bits per heavy atom. The van der Waals surface area contributed by atoms with E-state index in [0.29, 0.717) is 35.9 Å². The number of hydrogen-bond acceptors (Lipinski definition) is 6. The Balaban J connectivity index is 1.81. The van der Waals surface area contributed by atoms with Gasteiger partial charge in [0.05, 0.1) is 17.3 Å². The average Bonchev–Trinajstić information content (AvgIpc) is 3.16. The van der Waals surface area contributed by atoms with E-state index >= 15 is 0 Å². The van der Waals surface area contributed by atoms with Gasteiger partial charge in [0.2, 0.25) is 11.9 Å². The van der Waals surface area contributed by atoms with Crippen LogP contribution in [0.25, 0.3) is 11.0 Å². The van der Waals surface area contributed by atoms with E-state index in [0.717, 1.165) is 0 Å². The SMILES string of the molecule is CCn1nc(C)c(F)c1C(O)Nc1nc2cc(C(N)=O)cc3c2n1[C@@H](C)CO3. The third-order valence-corrected chi connectivity index (χ3v) is 4.87. The fourth-order valence-corrected chi connectivity index (χ4v) is 3.53. The maximum absolute atomic E-state index is 14.5. The highest BCUT2D eigenvalue weighted by molar-refractivity contribution is 5.99. The lowest BCUT2D eigenvalue weighted by atomic mass is 10.1. The van der Waals surface area contributed by atoms with Gasteiger partial charge < -0.3 is 25.5 Å². The van der Waals surface area contributed by atoms with E-state index in [1.165, 1.54) is 4.68 Å². The quantitative estimate of drug-likeness (QED) is 0.574. The van der Waals surface area contributed by atoms with E-state index in [9.17, 15) is 14.3 Å². The number of nitrogens with two attached hydrogens (primary N) is 1. The molecule has 2 aromatic heterocycles. The molecule has 148 valence electrons. The Labute approximate surface area is 159 Å². The molecule has 1 aliphatic rings. The number of amides is 1. The van der Waals surface area contributed by atoms with Gasteiger partial charge in [-0.2, -0.15) is 5.10 Å². The molecule has 9 nitrogen and oxygen atoms in total. The molecule has 4 rings (SSSR count). The lowest BCUT2D eigenvalue weighted by Crippen LogP contribution is -2.24. The van der Waals surface area contributed by atoms with Gasteiger partial charge in [-0.15, -0.1) is 0 Å². The number of aliphatic hydroxyl groups excluding tert-OH is 1. The number of aryl methyl sites for hydroxylation is 2. The number of primary amides is 1. The van der Waals surface area contributed by atoms with Gasteiger partial charge in [-0.1, -0.05) is 0 Å². The molecule has 0 aliphatic carbocycles. The lowest BCUT2D eigenvalue weighted by Gasteiger charge is -2.25. The van der Waals surface area contributed by atoms with Crippen molar-refractivity contribution in [1.29, 1.82) is 0 Å². The van der Waals surface area contributed by atoms with E-state index in [4.69, 9.17) is 10.5 Å². The summed E-state index contributed by atoms with van der Waals surface area (Å²) in [6.45, 7) is 6.05. The first-order valence-corrected chi connectivity index (χ1v) is 8.97. The predicted octanol–water partition coefficient (Wildman–Crippen LogP) is 1.86. The number of ether oxygens (including phenoxy) is 1. The zero-order valence-corrected chi connectivity index (χ0v) is 15.7. The molecule has 0 saturated carbocycles. The van der Waals surface area contributed by atoms with Crippen LogP contribution in [-0.4, -0.2) is 37.0 Å². The molecule has 3 aromatic rings. The minimum atomic E-state index is -1.36. The van der Waals surface area contributed by atoms with Gasteiger partial charge in [-0.3, -0.25) is 9.48 Å². The molecule has 10 heteroatoms. The fraction of sp³-hybridized carbons (Fsp3) is 0.389. The van der Waals surface area contributed by atoms with E-state index in [2.05, 4.69) is 15.4 Å².